The lowest BCUT2D eigenvalue weighted by Gasteiger charge is -2.10. The lowest BCUT2D eigenvalue weighted by Crippen LogP contribution is -2.15. The van der Waals surface area contributed by atoms with Gasteiger partial charge in [0.1, 0.15) is 11.3 Å². The Hall–Kier alpha value is -3.88. The molecule has 0 atom stereocenters. The Morgan fingerprint density at radius 3 is 2.17 bits per heavy atom. The Morgan fingerprint density at radius 1 is 0.933 bits per heavy atom. The lowest BCUT2D eigenvalue weighted by molar-refractivity contribution is 0.0549. The molecule has 3 rings (SSSR count). The first-order chi connectivity index (χ1) is 14.5. The van der Waals surface area contributed by atoms with Crippen LogP contribution in [0.1, 0.15) is 20.8 Å². The number of hydrogen-bond donors (Lipinski definition) is 0. The summed E-state index contributed by atoms with van der Waals surface area (Å²) in [6.45, 7) is 0. The summed E-state index contributed by atoms with van der Waals surface area (Å²) >= 11 is 0. The molecule has 156 valence electrons. The van der Waals surface area contributed by atoms with Gasteiger partial charge in [0.25, 0.3) is 0 Å². The molecule has 0 radical (unpaired) electrons. The highest BCUT2D eigenvalue weighted by atomic mass is 19.1. The molecule has 0 aliphatic carbocycles. The predicted octanol–water partition coefficient (Wildman–Crippen LogP) is 3.27. The molecule has 0 bridgehead atoms. The molecule has 0 spiro atoms. The van der Waals surface area contributed by atoms with E-state index in [1.807, 2.05) is 0 Å². The van der Waals surface area contributed by atoms with Crippen molar-refractivity contribution in [3.8, 4) is 28.4 Å². The van der Waals surface area contributed by atoms with Gasteiger partial charge in [0.15, 0.2) is 23.0 Å². The van der Waals surface area contributed by atoms with Gasteiger partial charge in [0.2, 0.25) is 0 Å². The Kier molecular flexibility index (Phi) is 6.01. The van der Waals surface area contributed by atoms with Gasteiger partial charge in [-0.3, -0.25) is 0 Å². The number of carbonyl (C=O) groups is 2. The lowest BCUT2D eigenvalue weighted by atomic mass is 10.0. The van der Waals surface area contributed by atoms with Crippen molar-refractivity contribution in [1.82, 2.24) is 9.78 Å². The number of methoxy groups -OCH3 is 4. The summed E-state index contributed by atoms with van der Waals surface area (Å²) in [5.74, 6) is -2.37. The van der Waals surface area contributed by atoms with Crippen molar-refractivity contribution in [2.75, 3.05) is 28.4 Å². The second kappa shape index (κ2) is 8.64. The smallest absolute Gasteiger partial charge is 0.357 e. The van der Waals surface area contributed by atoms with Crippen LogP contribution in [0.2, 0.25) is 0 Å². The van der Waals surface area contributed by atoms with Gasteiger partial charge < -0.3 is 18.9 Å². The van der Waals surface area contributed by atoms with Crippen molar-refractivity contribution >= 4 is 11.9 Å². The highest BCUT2D eigenvalue weighted by Gasteiger charge is 2.32. The number of aromatic nitrogens is 2. The van der Waals surface area contributed by atoms with E-state index in [9.17, 15) is 14.0 Å². The van der Waals surface area contributed by atoms with Crippen LogP contribution in [0.25, 0.3) is 16.9 Å². The van der Waals surface area contributed by atoms with E-state index < -0.39 is 17.8 Å². The molecule has 0 saturated heterocycles. The van der Waals surface area contributed by atoms with Crippen LogP contribution in [0.3, 0.4) is 0 Å². The first-order valence-corrected chi connectivity index (χ1v) is 8.73. The zero-order chi connectivity index (χ0) is 21.8. The van der Waals surface area contributed by atoms with E-state index in [0.29, 0.717) is 5.69 Å². The SMILES string of the molecule is COC(=O)c1c(-c2cc(F)c(OC)c(OC)c2)nn(-c2ccccc2)c1C(=O)OC. The average molecular weight is 414 g/mol. The monoisotopic (exact) mass is 414 g/mol. The van der Waals surface area contributed by atoms with Crippen LogP contribution in [-0.2, 0) is 9.47 Å². The van der Waals surface area contributed by atoms with Crippen LogP contribution in [0.4, 0.5) is 4.39 Å². The molecule has 8 nitrogen and oxygen atoms in total. The van der Waals surface area contributed by atoms with Crippen molar-refractivity contribution in [1.29, 1.82) is 0 Å². The van der Waals surface area contributed by atoms with Crippen LogP contribution < -0.4 is 9.47 Å². The molecular formula is C21H19FN2O6. The molecule has 0 aliphatic heterocycles. The molecule has 3 aromatic rings. The number of benzene rings is 2. The largest absolute Gasteiger partial charge is 0.493 e. The zero-order valence-electron chi connectivity index (χ0n) is 16.8. The maximum absolute atomic E-state index is 14.6. The fourth-order valence-electron chi connectivity index (χ4n) is 3.01. The first kappa shape index (κ1) is 20.8. The molecule has 0 fully saturated rings. The van der Waals surface area contributed by atoms with Gasteiger partial charge in [0.05, 0.1) is 34.1 Å². The number of hydrogen-bond acceptors (Lipinski definition) is 7. The summed E-state index contributed by atoms with van der Waals surface area (Å²) in [6, 6.07) is 11.2. The number of para-hydroxylation sites is 1. The minimum absolute atomic E-state index is 0.0194. The van der Waals surface area contributed by atoms with E-state index in [4.69, 9.17) is 18.9 Å². The number of carbonyl (C=O) groups excluding carboxylic acids is 2. The fraction of sp³-hybridized carbons (Fsp3) is 0.190. The van der Waals surface area contributed by atoms with E-state index in [1.54, 1.807) is 30.3 Å². The van der Waals surface area contributed by atoms with Crippen molar-refractivity contribution < 1.29 is 32.9 Å². The zero-order valence-corrected chi connectivity index (χ0v) is 16.8. The first-order valence-electron chi connectivity index (χ1n) is 8.73. The molecule has 1 heterocycles. The van der Waals surface area contributed by atoms with Crippen molar-refractivity contribution in [2.24, 2.45) is 0 Å². The second-order valence-corrected chi connectivity index (χ2v) is 6.00. The highest BCUT2D eigenvalue weighted by Crippen LogP contribution is 2.37. The Balaban J connectivity index is 2.38. The van der Waals surface area contributed by atoms with Crippen LogP contribution in [-0.4, -0.2) is 50.2 Å². The Morgan fingerprint density at radius 2 is 1.60 bits per heavy atom. The number of esters is 2. The summed E-state index contributed by atoms with van der Waals surface area (Å²) in [5, 5.41) is 4.41. The number of ether oxygens (including phenoxy) is 4. The molecule has 0 saturated carbocycles. The quantitative estimate of drug-likeness (QED) is 0.572. The summed E-state index contributed by atoms with van der Waals surface area (Å²) in [7, 11) is 5.01. The number of rotatable bonds is 6. The molecule has 0 aliphatic rings. The minimum Gasteiger partial charge on any atom is -0.493 e. The molecule has 9 heteroatoms. The average Bonchev–Trinajstić information content (AvgIpc) is 3.18. The predicted molar refractivity (Wildman–Crippen MR) is 105 cm³/mol. The van der Waals surface area contributed by atoms with Crippen LogP contribution >= 0.6 is 0 Å². The number of halogens is 1. The van der Waals surface area contributed by atoms with Gasteiger partial charge in [-0.1, -0.05) is 18.2 Å². The van der Waals surface area contributed by atoms with Crippen molar-refractivity contribution in [3.63, 3.8) is 0 Å². The molecular weight excluding hydrogens is 395 g/mol. The standard InChI is InChI=1S/C21H19FN2O6/c1-27-15-11-12(10-14(22)19(15)28-2)17-16(20(25)29-3)18(21(26)30-4)24(23-17)13-8-6-5-7-9-13/h5-11H,1-4H3. The molecule has 0 amide bonds. The van der Waals surface area contributed by atoms with Gasteiger partial charge in [0, 0.05) is 5.56 Å². The normalized spacial score (nSPS) is 10.4. The van der Waals surface area contributed by atoms with Crippen molar-refractivity contribution in [2.45, 2.75) is 0 Å². The number of nitrogens with zero attached hydrogens (tertiary/aromatic N) is 2. The Labute approximate surface area is 171 Å². The third-order valence-corrected chi connectivity index (χ3v) is 4.36. The minimum atomic E-state index is -0.831. The molecule has 0 N–H and O–H groups in total. The molecule has 30 heavy (non-hydrogen) atoms. The van der Waals surface area contributed by atoms with Crippen LogP contribution in [0, 0.1) is 5.82 Å². The topological polar surface area (TPSA) is 88.9 Å². The maximum Gasteiger partial charge on any atom is 0.357 e. The Bertz CT molecular complexity index is 1090. The highest BCUT2D eigenvalue weighted by molar-refractivity contribution is 6.06. The van der Waals surface area contributed by atoms with Crippen molar-refractivity contribution in [3.05, 3.63) is 59.5 Å². The van der Waals surface area contributed by atoms with Crippen LogP contribution in [0.5, 0.6) is 11.5 Å². The van der Waals surface area contributed by atoms with Gasteiger partial charge in [-0.2, -0.15) is 5.10 Å². The van der Waals surface area contributed by atoms with Gasteiger partial charge in [-0.25, -0.2) is 18.7 Å². The van der Waals surface area contributed by atoms with E-state index in [2.05, 4.69) is 5.10 Å². The van der Waals surface area contributed by atoms with Gasteiger partial charge in [-0.05, 0) is 24.3 Å². The third-order valence-electron chi connectivity index (χ3n) is 4.36. The fourth-order valence-corrected chi connectivity index (χ4v) is 3.01. The molecule has 1 aromatic heterocycles. The van der Waals surface area contributed by atoms with E-state index in [-0.39, 0.29) is 34.0 Å². The summed E-state index contributed by atoms with van der Waals surface area (Å²) < 4.78 is 35.8. The van der Waals surface area contributed by atoms with Gasteiger partial charge >= 0.3 is 11.9 Å². The van der Waals surface area contributed by atoms with E-state index in [0.717, 1.165) is 6.07 Å². The van der Waals surface area contributed by atoms with E-state index >= 15 is 0 Å². The van der Waals surface area contributed by atoms with Gasteiger partial charge in [-0.15, -0.1) is 0 Å². The second-order valence-electron chi connectivity index (χ2n) is 6.00. The maximum atomic E-state index is 14.6. The third kappa shape index (κ3) is 3.57. The molecule has 0 unspecified atom stereocenters. The van der Waals surface area contributed by atoms with E-state index in [1.165, 1.54) is 39.2 Å². The summed E-state index contributed by atoms with van der Waals surface area (Å²) in [4.78, 5) is 25.2. The molecule has 2 aromatic carbocycles. The summed E-state index contributed by atoms with van der Waals surface area (Å²) in [5.41, 5.74) is 0.382. The summed E-state index contributed by atoms with van der Waals surface area (Å²) in [6.07, 6.45) is 0. The van der Waals surface area contributed by atoms with Crippen LogP contribution in [0.15, 0.2) is 42.5 Å².